The molecule has 0 spiro atoms. The van der Waals surface area contributed by atoms with Crippen molar-refractivity contribution in [3.05, 3.63) is 17.0 Å². The fraction of sp³-hybridized carbons (Fsp3) is 0.800. The number of carbonyl (C=O) groups is 1. The van der Waals surface area contributed by atoms with Gasteiger partial charge in [-0.3, -0.25) is 9.48 Å². The molecule has 0 saturated heterocycles. The molecule has 2 aliphatic carbocycles. The highest BCUT2D eigenvalue weighted by Crippen LogP contribution is 2.30. The number of hydrogen-bond acceptors (Lipinski definition) is 3. The van der Waals surface area contributed by atoms with Crippen LogP contribution >= 0.6 is 0 Å². The van der Waals surface area contributed by atoms with E-state index < -0.39 is 0 Å². The first-order valence-corrected chi connectivity index (χ1v) is 10.0. The number of aromatic nitrogens is 2. The van der Waals surface area contributed by atoms with E-state index in [1.165, 1.54) is 43.4 Å². The van der Waals surface area contributed by atoms with Gasteiger partial charge >= 0.3 is 0 Å². The van der Waals surface area contributed by atoms with Gasteiger partial charge in [-0.1, -0.05) is 33.1 Å². The van der Waals surface area contributed by atoms with Crippen molar-refractivity contribution >= 4 is 5.91 Å². The summed E-state index contributed by atoms with van der Waals surface area (Å²) in [6.07, 6.45) is 9.77. The van der Waals surface area contributed by atoms with Crippen molar-refractivity contribution in [2.45, 2.75) is 83.8 Å². The first-order chi connectivity index (χ1) is 12.0. The molecule has 2 aliphatic rings. The normalized spacial score (nSPS) is 21.4. The van der Waals surface area contributed by atoms with Gasteiger partial charge < -0.3 is 10.2 Å². The van der Waals surface area contributed by atoms with Crippen LogP contribution < -0.4 is 5.32 Å². The first-order valence-electron chi connectivity index (χ1n) is 10.0. The van der Waals surface area contributed by atoms with Crippen LogP contribution in [0.3, 0.4) is 0 Å². The summed E-state index contributed by atoms with van der Waals surface area (Å²) >= 11 is 0. The molecule has 1 aromatic heterocycles. The Labute approximate surface area is 152 Å². The van der Waals surface area contributed by atoms with Gasteiger partial charge in [0.15, 0.2) is 5.69 Å². The van der Waals surface area contributed by atoms with Gasteiger partial charge in [-0.05, 0) is 38.0 Å². The van der Waals surface area contributed by atoms with Crippen molar-refractivity contribution in [1.29, 1.82) is 0 Å². The summed E-state index contributed by atoms with van der Waals surface area (Å²) in [5.41, 5.74) is 3.20. The molecule has 5 nitrogen and oxygen atoms in total. The van der Waals surface area contributed by atoms with Crippen molar-refractivity contribution < 1.29 is 4.79 Å². The van der Waals surface area contributed by atoms with Crippen LogP contribution in [0.1, 0.15) is 74.1 Å². The molecular formula is C20H34N4O. The first kappa shape index (κ1) is 18.4. The highest BCUT2D eigenvalue weighted by Gasteiger charge is 2.30. The number of fused-ring (bicyclic) bond motifs is 1. The molecule has 1 saturated carbocycles. The van der Waals surface area contributed by atoms with Crippen molar-refractivity contribution in [3.63, 3.8) is 0 Å². The molecular weight excluding hydrogens is 312 g/mol. The molecule has 1 N–H and O–H groups in total. The number of hydrogen-bond donors (Lipinski definition) is 1. The molecule has 25 heavy (non-hydrogen) atoms. The summed E-state index contributed by atoms with van der Waals surface area (Å²) < 4.78 is 2.19. The highest BCUT2D eigenvalue weighted by atomic mass is 16.2. The van der Waals surface area contributed by atoms with E-state index >= 15 is 0 Å². The molecule has 3 rings (SSSR count). The van der Waals surface area contributed by atoms with Crippen LogP contribution in [-0.2, 0) is 19.4 Å². The maximum Gasteiger partial charge on any atom is 0.274 e. The number of nitrogens with zero attached hydrogens (tertiary/aromatic N) is 3. The van der Waals surface area contributed by atoms with Gasteiger partial charge in [0, 0.05) is 44.0 Å². The summed E-state index contributed by atoms with van der Waals surface area (Å²) in [4.78, 5) is 14.3. The standard InChI is InChI=1S/C20H34N4O/c1-14(2)21-16-10-11-18-17(12-16)19(20(25)23(3)4)22-24(18)13-15-8-6-5-7-9-15/h14-16,21H,5-13H2,1-4H3/t16-/m0/s1. The van der Waals surface area contributed by atoms with Crippen molar-refractivity contribution in [2.24, 2.45) is 5.92 Å². The molecule has 0 unspecified atom stereocenters. The van der Waals surface area contributed by atoms with Crippen molar-refractivity contribution in [3.8, 4) is 0 Å². The Morgan fingerprint density at radius 3 is 2.60 bits per heavy atom. The van der Waals surface area contributed by atoms with Gasteiger partial charge in [0.25, 0.3) is 5.91 Å². The summed E-state index contributed by atoms with van der Waals surface area (Å²) in [7, 11) is 3.64. The Hall–Kier alpha value is -1.36. The van der Waals surface area contributed by atoms with Crippen molar-refractivity contribution in [2.75, 3.05) is 14.1 Å². The highest BCUT2D eigenvalue weighted by molar-refractivity contribution is 5.93. The molecule has 0 aromatic carbocycles. The van der Waals surface area contributed by atoms with Gasteiger partial charge in [0.2, 0.25) is 0 Å². The third-order valence-corrected chi connectivity index (χ3v) is 5.68. The minimum atomic E-state index is 0.0452. The molecule has 0 radical (unpaired) electrons. The molecule has 1 atom stereocenters. The van der Waals surface area contributed by atoms with E-state index in [2.05, 4.69) is 23.8 Å². The zero-order chi connectivity index (χ0) is 18.0. The number of carbonyl (C=O) groups excluding carboxylic acids is 1. The van der Waals surface area contributed by atoms with E-state index in [1.807, 2.05) is 14.1 Å². The van der Waals surface area contributed by atoms with E-state index in [1.54, 1.807) is 4.90 Å². The molecule has 1 aromatic rings. The lowest BCUT2D eigenvalue weighted by Crippen LogP contribution is -2.39. The van der Waals surface area contributed by atoms with Crippen LogP contribution in [0.25, 0.3) is 0 Å². The summed E-state index contributed by atoms with van der Waals surface area (Å²) in [5, 5.41) is 8.47. The van der Waals surface area contributed by atoms with Gasteiger partial charge in [-0.25, -0.2) is 0 Å². The molecule has 1 heterocycles. The van der Waals surface area contributed by atoms with E-state index in [4.69, 9.17) is 5.10 Å². The van der Waals surface area contributed by atoms with Crippen LogP contribution in [-0.4, -0.2) is 46.8 Å². The van der Waals surface area contributed by atoms with Crippen LogP contribution in [0.15, 0.2) is 0 Å². The third-order valence-electron chi connectivity index (χ3n) is 5.68. The van der Waals surface area contributed by atoms with Gasteiger partial charge in [-0.15, -0.1) is 0 Å². The van der Waals surface area contributed by atoms with Crippen molar-refractivity contribution in [1.82, 2.24) is 20.0 Å². The van der Waals surface area contributed by atoms with E-state index in [-0.39, 0.29) is 5.91 Å². The summed E-state index contributed by atoms with van der Waals surface area (Å²) in [5.74, 6) is 0.774. The van der Waals surface area contributed by atoms with E-state index in [0.29, 0.717) is 17.8 Å². The Kier molecular flexibility index (Phi) is 5.82. The molecule has 0 bridgehead atoms. The quantitative estimate of drug-likeness (QED) is 0.891. The monoisotopic (exact) mass is 346 g/mol. The Bertz CT molecular complexity index is 599. The Morgan fingerprint density at radius 1 is 1.24 bits per heavy atom. The molecule has 5 heteroatoms. The summed E-state index contributed by atoms with van der Waals surface area (Å²) in [6, 6.07) is 0.922. The Balaban J connectivity index is 1.86. The minimum absolute atomic E-state index is 0.0452. The smallest absolute Gasteiger partial charge is 0.274 e. The van der Waals surface area contributed by atoms with Crippen LogP contribution in [0.4, 0.5) is 0 Å². The van der Waals surface area contributed by atoms with Gasteiger partial charge in [-0.2, -0.15) is 5.10 Å². The second-order valence-corrected chi connectivity index (χ2v) is 8.42. The van der Waals surface area contributed by atoms with E-state index in [9.17, 15) is 4.79 Å². The predicted molar refractivity (Wildman–Crippen MR) is 101 cm³/mol. The summed E-state index contributed by atoms with van der Waals surface area (Å²) in [6.45, 7) is 5.37. The van der Waals surface area contributed by atoms with Crippen LogP contribution in [0.5, 0.6) is 0 Å². The second-order valence-electron chi connectivity index (χ2n) is 8.42. The average Bonchev–Trinajstić information content (AvgIpc) is 2.92. The second kappa shape index (κ2) is 7.90. The molecule has 1 amide bonds. The average molecular weight is 347 g/mol. The van der Waals surface area contributed by atoms with Crippen LogP contribution in [0.2, 0.25) is 0 Å². The van der Waals surface area contributed by atoms with Crippen LogP contribution in [0, 0.1) is 5.92 Å². The van der Waals surface area contributed by atoms with E-state index in [0.717, 1.165) is 31.7 Å². The lowest BCUT2D eigenvalue weighted by molar-refractivity contribution is 0.0819. The SMILES string of the molecule is CC(C)N[C@H]1CCc2c(c(C(=O)N(C)C)nn2CC2CCCCC2)C1. The topological polar surface area (TPSA) is 50.2 Å². The number of amides is 1. The van der Waals surface area contributed by atoms with Gasteiger partial charge in [0.1, 0.15) is 0 Å². The molecule has 140 valence electrons. The maximum atomic E-state index is 12.7. The Morgan fingerprint density at radius 2 is 1.96 bits per heavy atom. The fourth-order valence-corrected chi connectivity index (χ4v) is 4.45. The molecule has 0 aliphatic heterocycles. The fourth-order valence-electron chi connectivity index (χ4n) is 4.45. The zero-order valence-electron chi connectivity index (χ0n) is 16.3. The lowest BCUT2D eigenvalue weighted by Gasteiger charge is -2.27. The third kappa shape index (κ3) is 4.25. The lowest BCUT2D eigenvalue weighted by atomic mass is 9.88. The molecule has 1 fully saturated rings. The van der Waals surface area contributed by atoms with Gasteiger partial charge in [0.05, 0.1) is 0 Å². The number of rotatable bonds is 5. The number of nitrogens with one attached hydrogen (secondary N) is 1. The predicted octanol–water partition coefficient (Wildman–Crippen LogP) is 3.02. The maximum absolute atomic E-state index is 12.7. The zero-order valence-corrected chi connectivity index (χ0v) is 16.3. The largest absolute Gasteiger partial charge is 0.343 e. The minimum Gasteiger partial charge on any atom is -0.343 e.